The topological polar surface area (TPSA) is 24.5 Å². The van der Waals surface area contributed by atoms with Crippen molar-refractivity contribution in [2.45, 2.75) is 32.7 Å². The zero-order valence-electron chi connectivity index (χ0n) is 13.1. The standard InChI is InChI=1S/C17H28N2O/c1-4-17(10-5-11-18-13-17)14-19(2)12-15-6-8-16(20-3)9-7-15/h6-9,18H,4-5,10-14H2,1-3H3. The first kappa shape index (κ1) is 15.3. The third kappa shape index (κ3) is 3.97. The molecular formula is C17H28N2O. The molecule has 3 nitrogen and oxygen atoms in total. The summed E-state index contributed by atoms with van der Waals surface area (Å²) in [5.74, 6) is 0.929. The number of nitrogens with one attached hydrogen (secondary N) is 1. The number of nitrogens with zero attached hydrogens (tertiary/aromatic N) is 1. The molecule has 1 saturated heterocycles. The molecule has 0 amide bonds. The molecule has 1 heterocycles. The van der Waals surface area contributed by atoms with Gasteiger partial charge in [0.2, 0.25) is 0 Å². The molecule has 2 rings (SSSR count). The van der Waals surface area contributed by atoms with Gasteiger partial charge in [-0.25, -0.2) is 0 Å². The van der Waals surface area contributed by atoms with Gasteiger partial charge in [0, 0.05) is 19.6 Å². The van der Waals surface area contributed by atoms with Crippen molar-refractivity contribution in [2.75, 3.05) is 33.8 Å². The van der Waals surface area contributed by atoms with Gasteiger partial charge in [-0.3, -0.25) is 0 Å². The second-order valence-corrected chi connectivity index (χ2v) is 6.15. The fraction of sp³-hybridized carbons (Fsp3) is 0.647. The molecule has 112 valence electrons. The van der Waals surface area contributed by atoms with E-state index in [1.54, 1.807) is 7.11 Å². The summed E-state index contributed by atoms with van der Waals surface area (Å²) >= 11 is 0. The molecule has 1 aliphatic rings. The van der Waals surface area contributed by atoms with Crippen LogP contribution in [-0.2, 0) is 6.54 Å². The van der Waals surface area contributed by atoms with E-state index in [0.29, 0.717) is 5.41 Å². The molecule has 1 aliphatic heterocycles. The van der Waals surface area contributed by atoms with Crippen LogP contribution in [0.25, 0.3) is 0 Å². The van der Waals surface area contributed by atoms with E-state index in [-0.39, 0.29) is 0 Å². The van der Waals surface area contributed by atoms with Crippen molar-refractivity contribution in [1.82, 2.24) is 10.2 Å². The second-order valence-electron chi connectivity index (χ2n) is 6.15. The predicted molar refractivity (Wildman–Crippen MR) is 84.2 cm³/mol. The van der Waals surface area contributed by atoms with Gasteiger partial charge >= 0.3 is 0 Å². The van der Waals surface area contributed by atoms with Gasteiger partial charge in [0.15, 0.2) is 0 Å². The molecule has 1 unspecified atom stereocenters. The summed E-state index contributed by atoms with van der Waals surface area (Å²) in [7, 11) is 3.94. The monoisotopic (exact) mass is 276 g/mol. The third-order valence-electron chi connectivity index (χ3n) is 4.53. The zero-order valence-corrected chi connectivity index (χ0v) is 13.1. The highest BCUT2D eigenvalue weighted by molar-refractivity contribution is 5.27. The summed E-state index contributed by atoms with van der Waals surface area (Å²) in [5, 5.41) is 3.57. The molecule has 0 bridgehead atoms. The first-order valence-electron chi connectivity index (χ1n) is 7.70. The maximum absolute atomic E-state index is 5.21. The van der Waals surface area contributed by atoms with Crippen molar-refractivity contribution in [1.29, 1.82) is 0 Å². The van der Waals surface area contributed by atoms with E-state index < -0.39 is 0 Å². The maximum Gasteiger partial charge on any atom is 0.118 e. The number of methoxy groups -OCH3 is 1. The Labute approximate surface area is 123 Å². The Bertz CT molecular complexity index is 396. The van der Waals surface area contributed by atoms with Gasteiger partial charge in [-0.2, -0.15) is 0 Å². The van der Waals surface area contributed by atoms with Crippen LogP contribution in [0.5, 0.6) is 5.75 Å². The van der Waals surface area contributed by atoms with Gasteiger partial charge in [-0.15, -0.1) is 0 Å². The number of piperidine rings is 1. The van der Waals surface area contributed by atoms with Crippen LogP contribution in [0.3, 0.4) is 0 Å². The molecule has 3 heteroatoms. The van der Waals surface area contributed by atoms with E-state index in [9.17, 15) is 0 Å². The minimum Gasteiger partial charge on any atom is -0.497 e. The zero-order chi connectivity index (χ0) is 14.4. The average molecular weight is 276 g/mol. The van der Waals surface area contributed by atoms with E-state index in [4.69, 9.17) is 4.74 Å². The van der Waals surface area contributed by atoms with Crippen molar-refractivity contribution in [3.8, 4) is 5.75 Å². The van der Waals surface area contributed by atoms with Crippen molar-refractivity contribution in [3.05, 3.63) is 29.8 Å². The Kier molecular flexibility index (Phi) is 5.44. The van der Waals surface area contributed by atoms with Crippen LogP contribution in [0.4, 0.5) is 0 Å². The van der Waals surface area contributed by atoms with Crippen LogP contribution in [0.2, 0.25) is 0 Å². The molecule has 1 fully saturated rings. The summed E-state index contributed by atoms with van der Waals surface area (Å²) in [6.07, 6.45) is 3.92. The van der Waals surface area contributed by atoms with Crippen molar-refractivity contribution in [3.63, 3.8) is 0 Å². The van der Waals surface area contributed by atoms with Crippen LogP contribution in [0.15, 0.2) is 24.3 Å². The lowest BCUT2D eigenvalue weighted by Gasteiger charge is -2.40. The van der Waals surface area contributed by atoms with Crippen LogP contribution in [0.1, 0.15) is 31.7 Å². The molecular weight excluding hydrogens is 248 g/mol. The second kappa shape index (κ2) is 7.09. The Morgan fingerprint density at radius 3 is 2.60 bits per heavy atom. The summed E-state index contributed by atoms with van der Waals surface area (Å²) in [6.45, 7) is 6.85. The normalized spacial score (nSPS) is 23.0. The number of rotatable bonds is 6. The highest BCUT2D eigenvalue weighted by atomic mass is 16.5. The van der Waals surface area contributed by atoms with Crippen LogP contribution < -0.4 is 10.1 Å². The first-order valence-corrected chi connectivity index (χ1v) is 7.70. The average Bonchev–Trinajstić information content (AvgIpc) is 2.49. The lowest BCUT2D eigenvalue weighted by Crippen LogP contribution is -2.46. The minimum absolute atomic E-state index is 0.458. The number of hydrogen-bond acceptors (Lipinski definition) is 3. The summed E-state index contributed by atoms with van der Waals surface area (Å²) in [6, 6.07) is 8.40. The number of ether oxygens (including phenoxy) is 1. The molecule has 1 N–H and O–H groups in total. The van der Waals surface area contributed by atoms with E-state index in [1.165, 1.54) is 37.9 Å². The Morgan fingerprint density at radius 2 is 2.05 bits per heavy atom. The predicted octanol–water partition coefficient (Wildman–Crippen LogP) is 2.91. The van der Waals surface area contributed by atoms with Crippen molar-refractivity contribution in [2.24, 2.45) is 5.41 Å². The number of hydrogen-bond donors (Lipinski definition) is 1. The summed E-state index contributed by atoms with van der Waals surface area (Å²) in [4.78, 5) is 2.46. The Morgan fingerprint density at radius 1 is 1.30 bits per heavy atom. The van der Waals surface area contributed by atoms with E-state index in [1.807, 2.05) is 12.1 Å². The lowest BCUT2D eigenvalue weighted by molar-refractivity contribution is 0.125. The quantitative estimate of drug-likeness (QED) is 0.864. The van der Waals surface area contributed by atoms with Crippen molar-refractivity contribution < 1.29 is 4.74 Å². The van der Waals surface area contributed by atoms with Crippen LogP contribution in [0, 0.1) is 5.41 Å². The molecule has 0 saturated carbocycles. The Hall–Kier alpha value is -1.06. The first-order chi connectivity index (χ1) is 9.67. The van der Waals surface area contributed by atoms with Gasteiger partial charge in [0.1, 0.15) is 5.75 Å². The van der Waals surface area contributed by atoms with Gasteiger partial charge in [0.25, 0.3) is 0 Å². The molecule has 1 atom stereocenters. The SMILES string of the molecule is CCC1(CN(C)Cc2ccc(OC)cc2)CCCNC1. The molecule has 0 aromatic heterocycles. The fourth-order valence-electron chi connectivity index (χ4n) is 3.25. The molecule has 0 radical (unpaired) electrons. The fourth-order valence-corrected chi connectivity index (χ4v) is 3.25. The van der Waals surface area contributed by atoms with E-state index in [2.05, 4.69) is 36.3 Å². The molecule has 0 spiro atoms. The Balaban J connectivity index is 1.91. The highest BCUT2D eigenvalue weighted by Crippen LogP contribution is 2.31. The summed E-state index contributed by atoms with van der Waals surface area (Å²) < 4.78 is 5.21. The van der Waals surface area contributed by atoms with Gasteiger partial charge < -0.3 is 15.0 Å². The minimum atomic E-state index is 0.458. The van der Waals surface area contributed by atoms with Crippen LogP contribution >= 0.6 is 0 Å². The smallest absolute Gasteiger partial charge is 0.118 e. The summed E-state index contributed by atoms with van der Waals surface area (Å²) in [5.41, 5.74) is 1.81. The third-order valence-corrected chi connectivity index (χ3v) is 4.53. The molecule has 20 heavy (non-hydrogen) atoms. The highest BCUT2D eigenvalue weighted by Gasteiger charge is 2.31. The molecule has 1 aromatic carbocycles. The van der Waals surface area contributed by atoms with E-state index >= 15 is 0 Å². The lowest BCUT2D eigenvalue weighted by atomic mass is 9.78. The number of benzene rings is 1. The van der Waals surface area contributed by atoms with Gasteiger partial charge in [-0.05, 0) is 56.0 Å². The van der Waals surface area contributed by atoms with Crippen LogP contribution in [-0.4, -0.2) is 38.7 Å². The van der Waals surface area contributed by atoms with Crippen molar-refractivity contribution >= 4 is 0 Å². The molecule has 1 aromatic rings. The van der Waals surface area contributed by atoms with Gasteiger partial charge in [0.05, 0.1) is 7.11 Å². The largest absolute Gasteiger partial charge is 0.497 e. The maximum atomic E-state index is 5.21. The van der Waals surface area contributed by atoms with E-state index in [0.717, 1.165) is 18.8 Å². The van der Waals surface area contributed by atoms with Gasteiger partial charge in [-0.1, -0.05) is 19.1 Å². The molecule has 0 aliphatic carbocycles.